The van der Waals surface area contributed by atoms with E-state index in [0.29, 0.717) is 16.5 Å². The number of benzene rings is 3. The van der Waals surface area contributed by atoms with Crippen LogP contribution in [-0.2, 0) is 0 Å². The summed E-state index contributed by atoms with van der Waals surface area (Å²) in [5.41, 5.74) is 3.86. The van der Waals surface area contributed by atoms with E-state index in [4.69, 9.17) is 35.6 Å². The lowest BCUT2D eigenvalue weighted by Gasteiger charge is -2.38. The quantitative estimate of drug-likeness (QED) is 0.505. The smallest absolute Gasteiger partial charge is 0.217 e. The highest BCUT2D eigenvalue weighted by Gasteiger charge is 2.42. The van der Waals surface area contributed by atoms with Crippen molar-refractivity contribution in [2.45, 2.75) is 18.7 Å². The molecule has 6 nitrogen and oxygen atoms in total. The van der Waals surface area contributed by atoms with Crippen molar-refractivity contribution < 1.29 is 18.9 Å². The van der Waals surface area contributed by atoms with Gasteiger partial charge in [0.2, 0.25) is 6.23 Å². The maximum absolute atomic E-state index is 6.45. The molecule has 0 saturated heterocycles. The summed E-state index contributed by atoms with van der Waals surface area (Å²) in [4.78, 5) is 0. The topological polar surface area (TPSA) is 52.5 Å². The minimum atomic E-state index is -0.461. The normalized spacial score (nSPS) is 18.9. The van der Waals surface area contributed by atoms with Crippen LogP contribution in [0.4, 0.5) is 0 Å². The van der Waals surface area contributed by atoms with Crippen LogP contribution in [0.5, 0.6) is 23.0 Å². The van der Waals surface area contributed by atoms with Gasteiger partial charge in [0.1, 0.15) is 23.0 Å². The Bertz CT molecular complexity index is 1200. The molecule has 0 spiro atoms. The molecule has 0 amide bonds. The molecule has 2 aliphatic rings. The molecule has 0 aliphatic carbocycles. The van der Waals surface area contributed by atoms with Crippen LogP contribution in [0.3, 0.4) is 0 Å². The summed E-state index contributed by atoms with van der Waals surface area (Å²) in [6.45, 7) is 0. The van der Waals surface area contributed by atoms with E-state index in [-0.39, 0.29) is 6.04 Å². The van der Waals surface area contributed by atoms with Gasteiger partial charge in [0, 0.05) is 28.6 Å². The Morgan fingerprint density at radius 1 is 0.906 bits per heavy atom. The fraction of sp³-hybridized carbons (Fsp3) is 0.240. The van der Waals surface area contributed by atoms with Gasteiger partial charge in [0.25, 0.3) is 0 Å². The Morgan fingerprint density at radius 3 is 2.50 bits per heavy atom. The highest BCUT2D eigenvalue weighted by molar-refractivity contribution is 6.30. The van der Waals surface area contributed by atoms with Gasteiger partial charge in [0.15, 0.2) is 0 Å². The number of rotatable bonds is 5. The number of halogens is 1. The van der Waals surface area contributed by atoms with Gasteiger partial charge in [0.05, 0.1) is 38.6 Å². The summed E-state index contributed by atoms with van der Waals surface area (Å²) in [6.07, 6.45) is 0.261. The third kappa shape index (κ3) is 3.50. The minimum Gasteiger partial charge on any atom is -0.497 e. The van der Waals surface area contributed by atoms with E-state index in [1.165, 1.54) is 0 Å². The predicted molar refractivity (Wildman–Crippen MR) is 123 cm³/mol. The Morgan fingerprint density at radius 2 is 1.72 bits per heavy atom. The SMILES string of the molecule is COc1cccc(C2=NN3[C@@H](C2)c2cc(Cl)ccc2O[C@H]3c2ccc(OC)cc2OC)c1. The Labute approximate surface area is 191 Å². The molecule has 3 aromatic carbocycles. The molecule has 7 heteroatoms. The van der Waals surface area contributed by atoms with Crippen LogP contribution >= 0.6 is 11.6 Å². The van der Waals surface area contributed by atoms with Gasteiger partial charge in [-0.1, -0.05) is 23.7 Å². The maximum Gasteiger partial charge on any atom is 0.217 e. The van der Waals surface area contributed by atoms with Crippen molar-refractivity contribution in [3.05, 3.63) is 82.4 Å². The molecular weight excluding hydrogens is 428 g/mol. The Hall–Kier alpha value is -3.38. The first-order valence-corrected chi connectivity index (χ1v) is 10.7. The van der Waals surface area contributed by atoms with Gasteiger partial charge in [-0.2, -0.15) is 5.10 Å². The number of hydrogen-bond acceptors (Lipinski definition) is 6. The maximum atomic E-state index is 6.45. The van der Waals surface area contributed by atoms with Crippen molar-refractivity contribution in [3.63, 3.8) is 0 Å². The van der Waals surface area contributed by atoms with Crippen LogP contribution in [0.25, 0.3) is 0 Å². The molecule has 2 heterocycles. The molecule has 3 aromatic rings. The van der Waals surface area contributed by atoms with Crippen LogP contribution in [-0.4, -0.2) is 32.0 Å². The van der Waals surface area contributed by atoms with Gasteiger partial charge in [-0.3, -0.25) is 0 Å². The summed E-state index contributed by atoms with van der Waals surface area (Å²) >= 11 is 6.33. The molecule has 164 valence electrons. The molecule has 32 heavy (non-hydrogen) atoms. The zero-order chi connectivity index (χ0) is 22.2. The van der Waals surface area contributed by atoms with Gasteiger partial charge in [-0.05, 0) is 42.5 Å². The van der Waals surface area contributed by atoms with Crippen molar-refractivity contribution in [3.8, 4) is 23.0 Å². The minimum absolute atomic E-state index is 0.0181. The fourth-order valence-corrected chi connectivity index (χ4v) is 4.44. The number of hydrazone groups is 1. The third-order valence-electron chi connectivity index (χ3n) is 5.86. The zero-order valence-corrected chi connectivity index (χ0v) is 18.8. The summed E-state index contributed by atoms with van der Waals surface area (Å²) in [5.74, 6) is 2.98. The molecule has 2 atom stereocenters. The van der Waals surface area contributed by atoms with Crippen LogP contribution in [0, 0.1) is 0 Å². The standard InChI is InChI=1S/C25H23ClN2O4/c1-29-17-6-4-5-15(11-17)21-14-22-20-12-16(26)7-10-23(20)32-25(28(22)27-21)19-9-8-18(30-2)13-24(19)31-3/h4-13,22,25H,14H2,1-3H3/t22-,25-/m0/s1. The number of methoxy groups -OCH3 is 3. The molecule has 5 rings (SSSR count). The molecule has 0 aromatic heterocycles. The van der Waals surface area contributed by atoms with Crippen molar-refractivity contribution in [1.29, 1.82) is 0 Å². The lowest BCUT2D eigenvalue weighted by molar-refractivity contribution is -0.0203. The summed E-state index contributed by atoms with van der Waals surface area (Å²) in [6, 6.07) is 19.4. The van der Waals surface area contributed by atoms with E-state index in [0.717, 1.165) is 40.3 Å². The van der Waals surface area contributed by atoms with Crippen LogP contribution in [0.1, 0.15) is 35.4 Å². The molecule has 0 saturated carbocycles. The molecular formula is C25H23ClN2O4. The first-order valence-electron chi connectivity index (χ1n) is 10.3. The van der Waals surface area contributed by atoms with Crippen molar-refractivity contribution >= 4 is 17.3 Å². The van der Waals surface area contributed by atoms with E-state index >= 15 is 0 Å². The van der Waals surface area contributed by atoms with Gasteiger partial charge >= 0.3 is 0 Å². The molecule has 0 N–H and O–H groups in total. The average molecular weight is 451 g/mol. The Kier molecular flexibility index (Phi) is 5.31. The zero-order valence-electron chi connectivity index (χ0n) is 18.0. The summed E-state index contributed by atoms with van der Waals surface area (Å²) in [7, 11) is 4.94. The van der Waals surface area contributed by atoms with E-state index in [9.17, 15) is 0 Å². The predicted octanol–water partition coefficient (Wildman–Crippen LogP) is 5.61. The summed E-state index contributed by atoms with van der Waals surface area (Å²) < 4.78 is 22.9. The van der Waals surface area contributed by atoms with Crippen molar-refractivity contribution in [2.24, 2.45) is 5.10 Å². The Balaban J connectivity index is 1.61. The molecule has 0 bridgehead atoms. The third-order valence-corrected chi connectivity index (χ3v) is 6.10. The van der Waals surface area contributed by atoms with E-state index in [1.807, 2.05) is 65.7 Å². The fourth-order valence-electron chi connectivity index (χ4n) is 4.26. The first kappa shape index (κ1) is 20.5. The van der Waals surface area contributed by atoms with Crippen molar-refractivity contribution in [2.75, 3.05) is 21.3 Å². The average Bonchev–Trinajstić information content (AvgIpc) is 3.29. The van der Waals surface area contributed by atoms with Crippen LogP contribution in [0.15, 0.2) is 65.8 Å². The highest BCUT2D eigenvalue weighted by atomic mass is 35.5. The largest absolute Gasteiger partial charge is 0.497 e. The number of hydrogen-bond donors (Lipinski definition) is 0. The van der Waals surface area contributed by atoms with Gasteiger partial charge in [-0.25, -0.2) is 5.01 Å². The molecule has 0 fully saturated rings. The number of fused-ring (bicyclic) bond motifs is 3. The second kappa shape index (κ2) is 8.28. The van der Waals surface area contributed by atoms with Crippen LogP contribution in [0.2, 0.25) is 5.02 Å². The van der Waals surface area contributed by atoms with Crippen LogP contribution < -0.4 is 18.9 Å². The molecule has 0 radical (unpaired) electrons. The second-order valence-corrected chi connectivity index (χ2v) is 8.08. The monoisotopic (exact) mass is 450 g/mol. The van der Waals surface area contributed by atoms with Crippen molar-refractivity contribution in [1.82, 2.24) is 5.01 Å². The summed E-state index contributed by atoms with van der Waals surface area (Å²) in [5, 5.41) is 7.67. The van der Waals surface area contributed by atoms with Gasteiger partial charge in [-0.15, -0.1) is 0 Å². The lowest BCUT2D eigenvalue weighted by atomic mass is 9.95. The van der Waals surface area contributed by atoms with Gasteiger partial charge < -0.3 is 18.9 Å². The molecule has 2 aliphatic heterocycles. The van der Waals surface area contributed by atoms with E-state index < -0.39 is 6.23 Å². The lowest BCUT2D eigenvalue weighted by Crippen LogP contribution is -2.34. The molecule has 0 unspecified atom stereocenters. The second-order valence-electron chi connectivity index (χ2n) is 7.64. The number of nitrogens with zero attached hydrogens (tertiary/aromatic N) is 2. The number of ether oxygens (including phenoxy) is 4. The van der Waals surface area contributed by atoms with E-state index in [2.05, 4.69) is 0 Å². The van der Waals surface area contributed by atoms with E-state index in [1.54, 1.807) is 21.3 Å². The highest BCUT2D eigenvalue weighted by Crippen LogP contribution is 2.49. The first-order chi connectivity index (χ1) is 15.6.